The Labute approximate surface area is 136 Å². The highest BCUT2D eigenvalue weighted by Crippen LogP contribution is 2.22. The quantitative estimate of drug-likeness (QED) is 0.612. The largest absolute Gasteiger partial charge is 0.466 e. The maximum atomic E-state index is 12.3. The van der Waals surface area contributed by atoms with Crippen LogP contribution < -0.4 is 4.72 Å². The number of nitrogens with one attached hydrogen (secondary N) is 1. The predicted molar refractivity (Wildman–Crippen MR) is 87.0 cm³/mol. The monoisotopic (exact) mass is 376 g/mol. The Kier molecular flexibility index (Phi) is 6.96. The molecule has 118 valence electrons. The lowest BCUT2D eigenvalue weighted by Gasteiger charge is -2.24. The van der Waals surface area contributed by atoms with Crippen molar-refractivity contribution < 1.29 is 13.7 Å². The maximum Gasteiger partial charge on any atom is 0.307 e. The lowest BCUT2D eigenvalue weighted by molar-refractivity contribution is -0.143. The molecule has 1 rings (SSSR count). The summed E-state index contributed by atoms with van der Waals surface area (Å²) in [7, 11) is -1.29. The molecule has 21 heavy (non-hydrogen) atoms. The Morgan fingerprint density at radius 2 is 2.19 bits per heavy atom. The highest BCUT2D eigenvalue weighted by atomic mass is 79.9. The van der Waals surface area contributed by atoms with Crippen LogP contribution in [-0.4, -0.2) is 26.5 Å². The molecule has 1 N–H and O–H groups in total. The molecule has 0 saturated carbocycles. The number of esters is 1. The summed E-state index contributed by atoms with van der Waals surface area (Å²) in [5.74, 6) is -0.325. The lowest BCUT2D eigenvalue weighted by Crippen LogP contribution is -2.36. The van der Waals surface area contributed by atoms with E-state index < -0.39 is 15.7 Å². The molecule has 1 aromatic heterocycles. The molecule has 0 spiro atoms. The molecule has 0 aliphatic carbocycles. The van der Waals surface area contributed by atoms with Crippen molar-refractivity contribution in [1.29, 1.82) is 0 Å². The molecular formula is C14H21BrN2O3S. The zero-order chi connectivity index (χ0) is 16.0. The van der Waals surface area contributed by atoms with E-state index >= 15 is 0 Å². The summed E-state index contributed by atoms with van der Waals surface area (Å²) >= 11 is 3.30. The van der Waals surface area contributed by atoms with Crippen LogP contribution in [-0.2, 0) is 20.5 Å². The van der Waals surface area contributed by atoms with Crippen molar-refractivity contribution in [2.75, 3.05) is 6.61 Å². The normalized spacial score (nSPS) is 14.5. The molecule has 0 amide bonds. The molecule has 5 nitrogen and oxygen atoms in total. The van der Waals surface area contributed by atoms with Gasteiger partial charge < -0.3 is 4.74 Å². The molecule has 1 heterocycles. The van der Waals surface area contributed by atoms with Gasteiger partial charge >= 0.3 is 5.97 Å². The maximum absolute atomic E-state index is 12.3. The third kappa shape index (κ3) is 6.23. The van der Waals surface area contributed by atoms with Gasteiger partial charge in [0.2, 0.25) is 0 Å². The van der Waals surface area contributed by atoms with Gasteiger partial charge in [0.15, 0.2) is 0 Å². The minimum absolute atomic E-state index is 0.117. The molecule has 0 unspecified atom stereocenters. The second kappa shape index (κ2) is 8.00. The van der Waals surface area contributed by atoms with Gasteiger partial charge in [-0.2, -0.15) is 0 Å². The van der Waals surface area contributed by atoms with Gasteiger partial charge in [-0.05, 0) is 61.3 Å². The van der Waals surface area contributed by atoms with Crippen LogP contribution in [0, 0.1) is 0 Å². The van der Waals surface area contributed by atoms with E-state index in [0.29, 0.717) is 11.2 Å². The molecule has 0 aliphatic rings. The van der Waals surface area contributed by atoms with Gasteiger partial charge in [-0.3, -0.25) is 4.79 Å². The van der Waals surface area contributed by atoms with E-state index in [1.165, 1.54) is 0 Å². The van der Waals surface area contributed by atoms with Crippen LogP contribution in [0.1, 0.15) is 45.7 Å². The summed E-state index contributed by atoms with van der Waals surface area (Å²) in [6.45, 7) is 7.71. The van der Waals surface area contributed by atoms with Crippen molar-refractivity contribution in [3.8, 4) is 0 Å². The summed E-state index contributed by atoms with van der Waals surface area (Å²) in [6, 6.07) is 3.21. The molecule has 0 fully saturated rings. The van der Waals surface area contributed by atoms with Crippen molar-refractivity contribution in [2.24, 2.45) is 0 Å². The average Bonchev–Trinajstić information content (AvgIpc) is 2.37. The Morgan fingerprint density at radius 3 is 2.71 bits per heavy atom. The fourth-order valence-electron chi connectivity index (χ4n) is 1.55. The molecule has 0 bridgehead atoms. The van der Waals surface area contributed by atoms with Crippen LogP contribution in [0.15, 0.2) is 22.9 Å². The van der Waals surface area contributed by atoms with E-state index in [2.05, 4.69) is 25.6 Å². The fraction of sp³-hybridized carbons (Fsp3) is 0.571. The first-order valence-electron chi connectivity index (χ1n) is 6.69. The van der Waals surface area contributed by atoms with Crippen LogP contribution in [0.5, 0.6) is 0 Å². The topological polar surface area (TPSA) is 68.3 Å². The first kappa shape index (κ1) is 18.3. The fourth-order valence-corrected chi connectivity index (χ4v) is 2.77. The number of halogens is 1. The number of rotatable bonds is 6. The summed E-state index contributed by atoms with van der Waals surface area (Å²) in [5, 5.41) is 0. The summed E-state index contributed by atoms with van der Waals surface area (Å²) in [5.41, 5.74) is 0.836. The Morgan fingerprint density at radius 1 is 1.52 bits per heavy atom. The zero-order valence-corrected chi connectivity index (χ0v) is 15.1. The van der Waals surface area contributed by atoms with E-state index in [0.717, 1.165) is 5.56 Å². The second-order valence-corrected chi connectivity index (χ2v) is 8.28. The van der Waals surface area contributed by atoms with Crippen molar-refractivity contribution >= 4 is 32.9 Å². The van der Waals surface area contributed by atoms with Crippen LogP contribution in [0.2, 0.25) is 0 Å². The van der Waals surface area contributed by atoms with Gasteiger partial charge in [0, 0.05) is 6.20 Å². The van der Waals surface area contributed by atoms with Crippen molar-refractivity contribution in [2.45, 2.75) is 44.9 Å². The van der Waals surface area contributed by atoms with E-state index in [9.17, 15) is 9.00 Å². The van der Waals surface area contributed by atoms with E-state index in [1.807, 2.05) is 20.8 Å². The van der Waals surface area contributed by atoms with Gasteiger partial charge in [-0.25, -0.2) is 13.9 Å². The van der Waals surface area contributed by atoms with Crippen LogP contribution in [0.4, 0.5) is 0 Å². The van der Waals surface area contributed by atoms with Gasteiger partial charge in [-0.15, -0.1) is 0 Å². The number of ether oxygens (including phenoxy) is 1. The molecular weight excluding hydrogens is 356 g/mol. The Balaban J connectivity index is 2.94. The molecule has 0 aromatic carbocycles. The second-order valence-electron chi connectivity index (χ2n) is 5.47. The van der Waals surface area contributed by atoms with Gasteiger partial charge in [0.25, 0.3) is 0 Å². The molecule has 1 aromatic rings. The summed E-state index contributed by atoms with van der Waals surface area (Å²) in [6.07, 6.45) is 1.76. The SMILES string of the molecule is CCOC(=O)C[C@@H](N[S@@](=O)C(C)(C)C)c1ccnc(Br)c1. The highest BCUT2D eigenvalue weighted by molar-refractivity contribution is 9.10. The average molecular weight is 377 g/mol. The van der Waals surface area contributed by atoms with Crippen LogP contribution in [0.25, 0.3) is 0 Å². The number of aromatic nitrogens is 1. The molecule has 0 radical (unpaired) electrons. The first-order valence-corrected chi connectivity index (χ1v) is 8.63. The van der Waals surface area contributed by atoms with Crippen molar-refractivity contribution in [3.63, 3.8) is 0 Å². The Hall–Kier alpha value is -0.790. The standard InChI is InChI=1S/C14H21BrN2O3S/c1-5-20-13(18)9-11(17-21(19)14(2,3)4)10-6-7-16-12(15)8-10/h6-8,11,17H,5,9H2,1-4H3/t11-,21+/m1/s1. The molecule has 2 atom stereocenters. The van der Waals surface area contributed by atoms with Crippen molar-refractivity contribution in [3.05, 3.63) is 28.5 Å². The minimum atomic E-state index is -1.29. The third-order valence-corrected chi connectivity index (χ3v) is 4.68. The van der Waals surface area contributed by atoms with Crippen molar-refractivity contribution in [1.82, 2.24) is 9.71 Å². The van der Waals surface area contributed by atoms with E-state index in [1.54, 1.807) is 25.3 Å². The molecule has 0 aliphatic heterocycles. The van der Waals surface area contributed by atoms with Gasteiger partial charge in [-0.1, -0.05) is 0 Å². The number of pyridine rings is 1. The first-order chi connectivity index (χ1) is 9.74. The number of hydrogen-bond donors (Lipinski definition) is 1. The number of carbonyl (C=O) groups excluding carboxylic acids is 1. The minimum Gasteiger partial charge on any atom is -0.466 e. The summed E-state index contributed by atoms with van der Waals surface area (Å²) in [4.78, 5) is 15.8. The van der Waals surface area contributed by atoms with Gasteiger partial charge in [0.05, 0.1) is 34.8 Å². The highest BCUT2D eigenvalue weighted by Gasteiger charge is 2.25. The Bertz CT molecular complexity index is 517. The van der Waals surface area contributed by atoms with Gasteiger partial charge in [0.1, 0.15) is 4.60 Å². The smallest absolute Gasteiger partial charge is 0.307 e. The zero-order valence-electron chi connectivity index (χ0n) is 12.7. The number of nitrogens with zero attached hydrogens (tertiary/aromatic N) is 1. The number of hydrogen-bond acceptors (Lipinski definition) is 4. The van der Waals surface area contributed by atoms with Crippen LogP contribution >= 0.6 is 15.9 Å². The van der Waals surface area contributed by atoms with Crippen LogP contribution in [0.3, 0.4) is 0 Å². The third-order valence-electron chi connectivity index (χ3n) is 2.63. The lowest BCUT2D eigenvalue weighted by atomic mass is 10.1. The van der Waals surface area contributed by atoms with E-state index in [4.69, 9.17) is 4.74 Å². The summed E-state index contributed by atoms with van der Waals surface area (Å²) < 4.78 is 20.5. The predicted octanol–water partition coefficient (Wildman–Crippen LogP) is 2.89. The molecule has 7 heteroatoms. The van der Waals surface area contributed by atoms with E-state index in [-0.39, 0.29) is 18.4 Å². The number of carbonyl (C=O) groups is 1. The molecule has 0 saturated heterocycles.